The molecule has 2 rings (SSSR count). The number of aromatic amines is 1. The minimum atomic E-state index is -0.493. The Balaban J connectivity index is 2.72. The predicted octanol–water partition coefficient (Wildman–Crippen LogP) is 2.77. The lowest BCUT2D eigenvalue weighted by molar-refractivity contribution is 0.0518. The zero-order chi connectivity index (χ0) is 13.3. The molecule has 18 heavy (non-hydrogen) atoms. The van der Waals surface area contributed by atoms with Crippen LogP contribution in [0, 0.1) is 13.8 Å². The van der Waals surface area contributed by atoms with Gasteiger partial charge < -0.3 is 9.72 Å². The van der Waals surface area contributed by atoms with Crippen molar-refractivity contribution < 1.29 is 14.3 Å². The van der Waals surface area contributed by atoms with E-state index in [0.717, 1.165) is 22.0 Å². The molecule has 0 aliphatic carbocycles. The van der Waals surface area contributed by atoms with E-state index < -0.39 is 5.97 Å². The third-order valence-corrected chi connectivity index (χ3v) is 3.14. The summed E-state index contributed by atoms with van der Waals surface area (Å²) in [6.07, 6.45) is 0.694. The largest absolute Gasteiger partial charge is 0.461 e. The number of aromatic nitrogens is 1. The Kier molecular flexibility index (Phi) is 3.19. The SMILES string of the molecule is CCOC(=O)c1[nH]c2c(C)c(C)ccc2c1C=O. The molecule has 94 valence electrons. The molecule has 1 aromatic carbocycles. The van der Waals surface area contributed by atoms with Crippen LogP contribution in [0.1, 0.15) is 38.9 Å². The fourth-order valence-corrected chi connectivity index (χ4v) is 2.02. The summed E-state index contributed by atoms with van der Waals surface area (Å²) in [5.74, 6) is -0.493. The molecule has 1 heterocycles. The van der Waals surface area contributed by atoms with Crippen LogP contribution >= 0.6 is 0 Å². The van der Waals surface area contributed by atoms with Crippen molar-refractivity contribution in [3.8, 4) is 0 Å². The second kappa shape index (κ2) is 4.64. The van der Waals surface area contributed by atoms with E-state index in [4.69, 9.17) is 4.74 Å². The van der Waals surface area contributed by atoms with E-state index >= 15 is 0 Å². The molecule has 1 N–H and O–H groups in total. The molecule has 0 saturated carbocycles. The van der Waals surface area contributed by atoms with Crippen LogP contribution < -0.4 is 0 Å². The molecule has 2 aromatic rings. The van der Waals surface area contributed by atoms with Gasteiger partial charge in [0.2, 0.25) is 0 Å². The Morgan fingerprint density at radius 2 is 2.11 bits per heavy atom. The summed E-state index contributed by atoms with van der Waals surface area (Å²) in [5.41, 5.74) is 3.56. The van der Waals surface area contributed by atoms with Gasteiger partial charge in [0.05, 0.1) is 12.2 Å². The Morgan fingerprint density at radius 3 is 2.72 bits per heavy atom. The standard InChI is InChI=1S/C14H15NO3/c1-4-18-14(17)13-11(7-16)10-6-5-8(2)9(3)12(10)15-13/h5-7,15H,4H2,1-3H3. The summed E-state index contributed by atoms with van der Waals surface area (Å²) in [6, 6.07) is 3.79. The number of hydrogen-bond acceptors (Lipinski definition) is 3. The van der Waals surface area contributed by atoms with Crippen LogP contribution in [0.2, 0.25) is 0 Å². The Labute approximate surface area is 105 Å². The van der Waals surface area contributed by atoms with Crippen molar-refractivity contribution in [2.24, 2.45) is 0 Å². The first-order valence-corrected chi connectivity index (χ1v) is 5.84. The second-order valence-corrected chi connectivity index (χ2v) is 4.18. The molecule has 0 bridgehead atoms. The van der Waals surface area contributed by atoms with Crippen LogP contribution in [0.5, 0.6) is 0 Å². The summed E-state index contributed by atoms with van der Waals surface area (Å²) in [7, 11) is 0. The highest BCUT2D eigenvalue weighted by molar-refractivity contribution is 6.08. The first-order chi connectivity index (χ1) is 8.60. The van der Waals surface area contributed by atoms with E-state index in [1.807, 2.05) is 26.0 Å². The number of fused-ring (bicyclic) bond motifs is 1. The Hall–Kier alpha value is -2.10. The number of carbonyl (C=O) groups excluding carboxylic acids is 2. The fraction of sp³-hybridized carbons (Fsp3) is 0.286. The molecule has 0 unspecified atom stereocenters. The van der Waals surface area contributed by atoms with Crippen LogP contribution in [0.15, 0.2) is 12.1 Å². The maximum atomic E-state index is 11.8. The fourth-order valence-electron chi connectivity index (χ4n) is 2.02. The van der Waals surface area contributed by atoms with Gasteiger partial charge in [0.1, 0.15) is 5.69 Å². The van der Waals surface area contributed by atoms with Gasteiger partial charge in [0.25, 0.3) is 0 Å². The van der Waals surface area contributed by atoms with Gasteiger partial charge in [0, 0.05) is 10.9 Å². The van der Waals surface area contributed by atoms with Crippen molar-refractivity contribution in [2.45, 2.75) is 20.8 Å². The number of H-pyrrole nitrogens is 1. The molecule has 0 aliphatic rings. The zero-order valence-corrected chi connectivity index (χ0v) is 10.7. The maximum absolute atomic E-state index is 11.8. The minimum Gasteiger partial charge on any atom is -0.461 e. The molecular formula is C14H15NO3. The van der Waals surface area contributed by atoms with E-state index in [2.05, 4.69) is 4.98 Å². The van der Waals surface area contributed by atoms with Crippen molar-refractivity contribution in [3.05, 3.63) is 34.5 Å². The lowest BCUT2D eigenvalue weighted by Crippen LogP contribution is -2.07. The van der Waals surface area contributed by atoms with Gasteiger partial charge in [0.15, 0.2) is 6.29 Å². The normalized spacial score (nSPS) is 10.6. The second-order valence-electron chi connectivity index (χ2n) is 4.18. The highest BCUT2D eigenvalue weighted by Crippen LogP contribution is 2.26. The van der Waals surface area contributed by atoms with Gasteiger partial charge in [-0.25, -0.2) is 4.79 Å². The first kappa shape index (κ1) is 12.4. The van der Waals surface area contributed by atoms with Gasteiger partial charge in [-0.2, -0.15) is 0 Å². The van der Waals surface area contributed by atoms with Crippen LogP contribution in [0.4, 0.5) is 0 Å². The Morgan fingerprint density at radius 1 is 1.39 bits per heavy atom. The van der Waals surface area contributed by atoms with E-state index in [1.54, 1.807) is 6.92 Å². The zero-order valence-electron chi connectivity index (χ0n) is 10.7. The summed E-state index contributed by atoms with van der Waals surface area (Å²) in [5, 5.41) is 0.760. The lowest BCUT2D eigenvalue weighted by Gasteiger charge is -2.00. The van der Waals surface area contributed by atoms with Crippen LogP contribution in [0.3, 0.4) is 0 Å². The van der Waals surface area contributed by atoms with Crippen LogP contribution in [-0.2, 0) is 4.74 Å². The predicted molar refractivity (Wildman–Crippen MR) is 69.1 cm³/mol. The summed E-state index contributed by atoms with van der Waals surface area (Å²) < 4.78 is 4.94. The number of aryl methyl sites for hydroxylation is 2. The highest BCUT2D eigenvalue weighted by atomic mass is 16.5. The number of ether oxygens (including phenoxy) is 1. The quantitative estimate of drug-likeness (QED) is 0.668. The van der Waals surface area contributed by atoms with Crippen LogP contribution in [-0.4, -0.2) is 23.8 Å². The first-order valence-electron chi connectivity index (χ1n) is 5.84. The number of aldehydes is 1. The average Bonchev–Trinajstić information content (AvgIpc) is 2.73. The Bertz CT molecular complexity index is 625. The average molecular weight is 245 g/mol. The van der Waals surface area contributed by atoms with Crippen molar-refractivity contribution in [1.29, 1.82) is 0 Å². The number of hydrogen-bond donors (Lipinski definition) is 1. The number of carbonyl (C=O) groups is 2. The lowest BCUT2D eigenvalue weighted by atomic mass is 10.0. The van der Waals surface area contributed by atoms with E-state index in [-0.39, 0.29) is 12.3 Å². The van der Waals surface area contributed by atoms with Crippen molar-refractivity contribution in [2.75, 3.05) is 6.61 Å². The summed E-state index contributed by atoms with van der Waals surface area (Å²) >= 11 is 0. The van der Waals surface area contributed by atoms with Gasteiger partial charge in [-0.05, 0) is 31.9 Å². The number of esters is 1. The molecule has 0 spiro atoms. The minimum absolute atomic E-state index is 0.232. The van der Waals surface area contributed by atoms with Crippen molar-refractivity contribution in [3.63, 3.8) is 0 Å². The topological polar surface area (TPSA) is 59.2 Å². The third-order valence-electron chi connectivity index (χ3n) is 3.14. The third kappa shape index (κ3) is 1.79. The molecule has 0 radical (unpaired) electrons. The number of benzene rings is 1. The number of rotatable bonds is 3. The monoisotopic (exact) mass is 245 g/mol. The van der Waals surface area contributed by atoms with Crippen molar-refractivity contribution >= 4 is 23.2 Å². The molecule has 0 saturated heterocycles. The van der Waals surface area contributed by atoms with E-state index in [1.165, 1.54) is 0 Å². The maximum Gasteiger partial charge on any atom is 0.355 e. The van der Waals surface area contributed by atoms with Gasteiger partial charge in [-0.15, -0.1) is 0 Å². The van der Waals surface area contributed by atoms with E-state index in [0.29, 0.717) is 11.8 Å². The molecule has 1 aromatic heterocycles. The van der Waals surface area contributed by atoms with Crippen molar-refractivity contribution in [1.82, 2.24) is 4.98 Å². The van der Waals surface area contributed by atoms with Crippen LogP contribution in [0.25, 0.3) is 10.9 Å². The molecule has 0 amide bonds. The smallest absolute Gasteiger partial charge is 0.355 e. The number of nitrogens with one attached hydrogen (secondary N) is 1. The van der Waals surface area contributed by atoms with Gasteiger partial charge in [-0.1, -0.05) is 12.1 Å². The molecule has 0 atom stereocenters. The molecule has 4 nitrogen and oxygen atoms in total. The highest BCUT2D eigenvalue weighted by Gasteiger charge is 2.19. The molecule has 0 aliphatic heterocycles. The van der Waals surface area contributed by atoms with Gasteiger partial charge >= 0.3 is 5.97 Å². The van der Waals surface area contributed by atoms with E-state index in [9.17, 15) is 9.59 Å². The molecule has 0 fully saturated rings. The molecule has 4 heteroatoms. The van der Waals surface area contributed by atoms with Gasteiger partial charge in [-0.3, -0.25) is 4.79 Å². The summed E-state index contributed by atoms with van der Waals surface area (Å²) in [4.78, 5) is 26.0. The molecular weight excluding hydrogens is 230 g/mol. The summed E-state index contributed by atoms with van der Waals surface area (Å²) in [6.45, 7) is 5.96.